The third-order valence-corrected chi connectivity index (χ3v) is 2.48. The van der Waals surface area contributed by atoms with Gasteiger partial charge in [0.15, 0.2) is 0 Å². The fraction of sp³-hybridized carbons (Fsp3) is 0.200. The Hall–Kier alpha value is -0.800. The Morgan fingerprint density at radius 3 is 3.08 bits per heavy atom. The van der Waals surface area contributed by atoms with Gasteiger partial charge in [-0.25, -0.2) is 0 Å². The second kappa shape index (κ2) is 3.52. The van der Waals surface area contributed by atoms with Gasteiger partial charge in [-0.1, -0.05) is 15.9 Å². The lowest BCUT2D eigenvalue weighted by Gasteiger charge is -1.95. The molecule has 1 aromatic carbocycles. The molecule has 2 nitrogen and oxygen atoms in total. The van der Waals surface area contributed by atoms with Crippen LogP contribution < -0.4 is 5.32 Å². The van der Waals surface area contributed by atoms with Gasteiger partial charge >= 0.3 is 0 Å². The van der Waals surface area contributed by atoms with Crippen LogP contribution in [0, 0.1) is 0 Å². The van der Waals surface area contributed by atoms with Crippen LogP contribution in [0.3, 0.4) is 0 Å². The summed E-state index contributed by atoms with van der Waals surface area (Å²) in [5.74, 6) is 0. The molecule has 0 atom stereocenters. The van der Waals surface area contributed by atoms with Crippen LogP contribution >= 0.6 is 15.9 Å². The van der Waals surface area contributed by atoms with Crippen LogP contribution in [0.5, 0.6) is 0 Å². The second-order valence-corrected chi connectivity index (χ2v) is 3.85. The van der Waals surface area contributed by atoms with Crippen molar-refractivity contribution in [1.82, 2.24) is 5.32 Å². The molecular weight excluding hydrogens is 230 g/mol. The lowest BCUT2D eigenvalue weighted by Crippen LogP contribution is -2.03. The van der Waals surface area contributed by atoms with E-state index < -0.39 is 0 Å². The summed E-state index contributed by atoms with van der Waals surface area (Å²) in [6.45, 7) is 0.837. The minimum Gasteiger partial charge on any atom is -0.464 e. The van der Waals surface area contributed by atoms with E-state index in [1.165, 1.54) is 10.9 Å². The number of rotatable bonds is 2. The van der Waals surface area contributed by atoms with Gasteiger partial charge in [0.1, 0.15) is 5.58 Å². The largest absolute Gasteiger partial charge is 0.464 e. The molecule has 0 bridgehead atoms. The number of hydrogen-bond acceptors (Lipinski definition) is 2. The van der Waals surface area contributed by atoms with Crippen LogP contribution in [-0.4, -0.2) is 7.05 Å². The highest BCUT2D eigenvalue weighted by Gasteiger charge is 2.04. The maximum atomic E-state index is 5.40. The molecule has 0 saturated carbocycles. The standard InChI is InChI=1S/C10H10BrNO/c1-12-5-7-6-13-10-3-2-8(11)4-9(7)10/h2-4,6,12H,5H2,1H3. The number of furan rings is 1. The Bertz CT molecular complexity index is 422. The summed E-state index contributed by atoms with van der Waals surface area (Å²) in [6, 6.07) is 6.03. The Labute approximate surface area is 85.1 Å². The van der Waals surface area contributed by atoms with E-state index in [9.17, 15) is 0 Å². The monoisotopic (exact) mass is 239 g/mol. The first-order valence-corrected chi connectivity index (χ1v) is 4.91. The molecule has 0 amide bonds. The van der Waals surface area contributed by atoms with Gasteiger partial charge in [-0.2, -0.15) is 0 Å². The number of benzene rings is 1. The summed E-state index contributed by atoms with van der Waals surface area (Å²) in [7, 11) is 1.93. The van der Waals surface area contributed by atoms with Crippen LogP contribution in [0.15, 0.2) is 33.4 Å². The van der Waals surface area contributed by atoms with Crippen LogP contribution in [0.2, 0.25) is 0 Å². The topological polar surface area (TPSA) is 25.2 Å². The third kappa shape index (κ3) is 1.62. The Balaban J connectivity index is 2.58. The lowest BCUT2D eigenvalue weighted by molar-refractivity contribution is 0.607. The number of halogens is 1. The fourth-order valence-electron chi connectivity index (χ4n) is 1.38. The molecule has 68 valence electrons. The van der Waals surface area contributed by atoms with Gasteiger partial charge in [0.05, 0.1) is 6.26 Å². The first-order valence-electron chi connectivity index (χ1n) is 4.11. The highest BCUT2D eigenvalue weighted by molar-refractivity contribution is 9.10. The summed E-state index contributed by atoms with van der Waals surface area (Å²) < 4.78 is 6.48. The maximum absolute atomic E-state index is 5.40. The van der Waals surface area contributed by atoms with Gasteiger partial charge in [-0.15, -0.1) is 0 Å². The predicted octanol–water partition coefficient (Wildman–Crippen LogP) is 2.91. The van der Waals surface area contributed by atoms with Crippen molar-refractivity contribution in [2.24, 2.45) is 0 Å². The minimum atomic E-state index is 0.837. The average molecular weight is 240 g/mol. The Morgan fingerprint density at radius 1 is 1.46 bits per heavy atom. The number of hydrogen-bond donors (Lipinski definition) is 1. The highest BCUT2D eigenvalue weighted by Crippen LogP contribution is 2.24. The smallest absolute Gasteiger partial charge is 0.134 e. The quantitative estimate of drug-likeness (QED) is 0.872. The second-order valence-electron chi connectivity index (χ2n) is 2.93. The third-order valence-electron chi connectivity index (χ3n) is 1.98. The van der Waals surface area contributed by atoms with Gasteiger partial charge < -0.3 is 9.73 Å². The SMILES string of the molecule is CNCc1coc2ccc(Br)cc12. The molecule has 0 aliphatic rings. The van der Waals surface area contributed by atoms with E-state index in [-0.39, 0.29) is 0 Å². The Kier molecular flexibility index (Phi) is 2.38. The highest BCUT2D eigenvalue weighted by atomic mass is 79.9. The lowest BCUT2D eigenvalue weighted by atomic mass is 10.2. The molecule has 0 unspecified atom stereocenters. The summed E-state index contributed by atoms with van der Waals surface area (Å²) in [4.78, 5) is 0. The fourth-order valence-corrected chi connectivity index (χ4v) is 1.74. The minimum absolute atomic E-state index is 0.837. The molecule has 1 aromatic heterocycles. The van der Waals surface area contributed by atoms with Crippen molar-refractivity contribution in [3.8, 4) is 0 Å². The number of fused-ring (bicyclic) bond motifs is 1. The molecule has 0 radical (unpaired) electrons. The molecule has 0 saturated heterocycles. The summed E-state index contributed by atoms with van der Waals surface area (Å²) >= 11 is 3.44. The van der Waals surface area contributed by atoms with Crippen molar-refractivity contribution in [2.45, 2.75) is 6.54 Å². The zero-order valence-electron chi connectivity index (χ0n) is 7.30. The van der Waals surface area contributed by atoms with Gasteiger partial charge in [0.2, 0.25) is 0 Å². The first kappa shape index (κ1) is 8.78. The Morgan fingerprint density at radius 2 is 2.31 bits per heavy atom. The average Bonchev–Trinajstić information content (AvgIpc) is 2.49. The molecule has 1 heterocycles. The molecule has 2 rings (SSSR count). The van der Waals surface area contributed by atoms with Crippen molar-refractivity contribution < 1.29 is 4.42 Å². The molecule has 0 spiro atoms. The molecule has 0 fully saturated rings. The van der Waals surface area contributed by atoms with Gasteiger partial charge in [0, 0.05) is 22.0 Å². The zero-order chi connectivity index (χ0) is 9.26. The van der Waals surface area contributed by atoms with E-state index in [0.29, 0.717) is 0 Å². The van der Waals surface area contributed by atoms with Crippen molar-refractivity contribution in [2.75, 3.05) is 7.05 Å². The molecule has 3 heteroatoms. The molecule has 1 N–H and O–H groups in total. The van der Waals surface area contributed by atoms with E-state index in [2.05, 4.69) is 27.3 Å². The van der Waals surface area contributed by atoms with Gasteiger partial charge in [-0.3, -0.25) is 0 Å². The molecule has 0 aliphatic heterocycles. The van der Waals surface area contributed by atoms with Crippen molar-refractivity contribution in [3.63, 3.8) is 0 Å². The van der Waals surface area contributed by atoms with E-state index in [0.717, 1.165) is 16.6 Å². The van der Waals surface area contributed by atoms with Crippen molar-refractivity contribution >= 4 is 26.9 Å². The van der Waals surface area contributed by atoms with E-state index >= 15 is 0 Å². The van der Waals surface area contributed by atoms with Crippen LogP contribution in [0.4, 0.5) is 0 Å². The summed E-state index contributed by atoms with van der Waals surface area (Å²) in [6.07, 6.45) is 1.80. The van der Waals surface area contributed by atoms with Crippen LogP contribution in [-0.2, 0) is 6.54 Å². The van der Waals surface area contributed by atoms with Crippen LogP contribution in [0.25, 0.3) is 11.0 Å². The van der Waals surface area contributed by atoms with Crippen molar-refractivity contribution in [1.29, 1.82) is 0 Å². The summed E-state index contributed by atoms with van der Waals surface area (Å²) in [5, 5.41) is 4.28. The van der Waals surface area contributed by atoms with E-state index in [4.69, 9.17) is 4.42 Å². The van der Waals surface area contributed by atoms with E-state index in [1.807, 2.05) is 19.2 Å². The van der Waals surface area contributed by atoms with Crippen LogP contribution in [0.1, 0.15) is 5.56 Å². The van der Waals surface area contributed by atoms with Gasteiger partial charge in [0.25, 0.3) is 0 Å². The number of nitrogens with one attached hydrogen (secondary N) is 1. The van der Waals surface area contributed by atoms with Crippen molar-refractivity contribution in [3.05, 3.63) is 34.5 Å². The molecule has 13 heavy (non-hydrogen) atoms. The van der Waals surface area contributed by atoms with E-state index in [1.54, 1.807) is 6.26 Å². The molecular formula is C10H10BrNO. The zero-order valence-corrected chi connectivity index (χ0v) is 8.89. The maximum Gasteiger partial charge on any atom is 0.134 e. The molecule has 0 aliphatic carbocycles. The first-order chi connectivity index (χ1) is 6.31. The predicted molar refractivity (Wildman–Crippen MR) is 56.7 cm³/mol. The summed E-state index contributed by atoms with van der Waals surface area (Å²) in [5.41, 5.74) is 2.13. The molecule has 2 aromatic rings. The normalized spacial score (nSPS) is 10.9. The van der Waals surface area contributed by atoms with Gasteiger partial charge in [-0.05, 0) is 25.2 Å².